The van der Waals surface area contributed by atoms with Crippen molar-refractivity contribution in [1.29, 1.82) is 0 Å². The quantitative estimate of drug-likeness (QED) is 0.104. The largest absolute Gasteiger partial charge is 0.432 e. The molecule has 6 rings (SSSR count). The van der Waals surface area contributed by atoms with E-state index in [4.69, 9.17) is 0 Å². The minimum Gasteiger partial charge on any atom is -0.432 e. The number of aromatic nitrogens is 2. The van der Waals surface area contributed by atoms with Gasteiger partial charge in [-0.05, 0) is 89.5 Å². The van der Waals surface area contributed by atoms with E-state index < -0.39 is 72.6 Å². The van der Waals surface area contributed by atoms with Gasteiger partial charge in [-0.25, -0.2) is 8.78 Å². The van der Waals surface area contributed by atoms with E-state index in [9.17, 15) is 62.3 Å². The van der Waals surface area contributed by atoms with E-state index >= 15 is 0 Å². The summed E-state index contributed by atoms with van der Waals surface area (Å²) in [5.74, 6) is -4.21. The third-order valence-electron chi connectivity index (χ3n) is 10.5. The fraction of sp³-hybridized carbons (Fsp3) is 0.500. The molecule has 0 saturated heterocycles. The molecule has 0 radical (unpaired) electrons. The molecule has 4 N–H and O–H groups in total. The van der Waals surface area contributed by atoms with Crippen LogP contribution in [0.2, 0.25) is 0 Å². The highest BCUT2D eigenvalue weighted by molar-refractivity contribution is 5.98. The number of pyridine rings is 2. The highest BCUT2D eigenvalue weighted by Gasteiger charge is 2.39. The molecule has 2 aliphatic rings. The maximum absolute atomic E-state index is 13.9. The highest BCUT2D eigenvalue weighted by atomic mass is 19.4. The first-order valence-corrected chi connectivity index (χ1v) is 19.4. The molecule has 4 aromatic rings. The second kappa shape index (κ2) is 20.4. The highest BCUT2D eigenvalue weighted by Crippen LogP contribution is 2.29. The third kappa shape index (κ3) is 13.4. The molecule has 0 spiro atoms. The maximum atomic E-state index is 13.9. The van der Waals surface area contributed by atoms with E-state index in [1.165, 1.54) is 24.5 Å². The van der Waals surface area contributed by atoms with Crippen molar-refractivity contribution in [3.05, 3.63) is 71.6 Å². The number of hydrogen-bond donors (Lipinski definition) is 4. The maximum Gasteiger partial charge on any atom is 0.403 e. The normalized spacial score (nSPS) is 20.6. The number of carbonyl (C=O) groups excluding carboxylic acids is 2. The van der Waals surface area contributed by atoms with Crippen molar-refractivity contribution in [2.45, 2.75) is 127 Å². The molecular weight excluding hydrogens is 856 g/mol. The van der Waals surface area contributed by atoms with Crippen molar-refractivity contribution >= 4 is 33.6 Å². The van der Waals surface area contributed by atoms with Crippen LogP contribution in [0, 0.1) is 11.6 Å². The molecule has 2 heterocycles. The van der Waals surface area contributed by atoms with Gasteiger partial charge in [-0.1, -0.05) is 0 Å². The first-order chi connectivity index (χ1) is 29.0. The molecule has 344 valence electrons. The van der Waals surface area contributed by atoms with Crippen LogP contribution in [0.4, 0.5) is 52.7 Å². The van der Waals surface area contributed by atoms with Crippen LogP contribution in [0.3, 0.4) is 0 Å². The average Bonchev–Trinajstić information content (AvgIpc) is 3.18. The minimum absolute atomic E-state index is 0. The van der Waals surface area contributed by atoms with E-state index in [-0.39, 0.29) is 60.0 Å². The standard InChI is InChI=1S/2C20H21F6N3O2.2H2/c2*1-10(20(24,25)26)28-13-2-4-14(5-3-13)29-18(30)12-6-11-7-15(21)17(31-19(22)23)8-16(11)27-9-12;;/h2*6-10,13-14,19,28H,2-5H2,1H3,(H,29,30);2*1H/t2*10-,13?,14?;;/m10../s1. The Bertz CT molecular complexity index is 2020. The number of benzene rings is 2. The molecule has 2 fully saturated rings. The molecule has 2 atom stereocenters. The molecule has 2 saturated carbocycles. The zero-order valence-electron chi connectivity index (χ0n) is 33.0. The number of ether oxygens (including phenoxy) is 2. The Morgan fingerprint density at radius 3 is 1.21 bits per heavy atom. The Balaban J connectivity index is 0.000000330. The minimum atomic E-state index is -4.31. The van der Waals surface area contributed by atoms with Crippen LogP contribution in [0.5, 0.6) is 11.5 Å². The Kier molecular flexibility index (Phi) is 15.7. The molecule has 2 amide bonds. The number of carbonyl (C=O) groups is 2. The average molecular weight is 903 g/mol. The van der Waals surface area contributed by atoms with Crippen molar-refractivity contribution in [2.75, 3.05) is 0 Å². The Morgan fingerprint density at radius 2 is 0.903 bits per heavy atom. The van der Waals surface area contributed by atoms with Gasteiger partial charge < -0.3 is 30.7 Å². The van der Waals surface area contributed by atoms with E-state index in [2.05, 4.69) is 40.7 Å². The van der Waals surface area contributed by atoms with Crippen LogP contribution in [0.25, 0.3) is 21.8 Å². The van der Waals surface area contributed by atoms with Crippen molar-refractivity contribution < 1.29 is 74.6 Å². The lowest BCUT2D eigenvalue weighted by molar-refractivity contribution is -0.154. The van der Waals surface area contributed by atoms with E-state index in [1.54, 1.807) is 0 Å². The summed E-state index contributed by atoms with van der Waals surface area (Å²) in [4.78, 5) is 33.0. The Morgan fingerprint density at radius 1 is 0.581 bits per heavy atom. The summed E-state index contributed by atoms with van der Waals surface area (Å²) in [6.45, 7) is -4.21. The lowest BCUT2D eigenvalue weighted by Crippen LogP contribution is -2.48. The van der Waals surface area contributed by atoms with Crippen LogP contribution < -0.4 is 30.7 Å². The number of rotatable bonds is 12. The summed E-state index contributed by atoms with van der Waals surface area (Å²) in [5.41, 5.74) is 0.665. The Hall–Kier alpha value is -5.12. The summed E-state index contributed by atoms with van der Waals surface area (Å²) in [7, 11) is 0. The van der Waals surface area contributed by atoms with Gasteiger partial charge in [0.05, 0.1) is 22.2 Å². The van der Waals surface area contributed by atoms with Crippen LogP contribution in [-0.2, 0) is 0 Å². The molecule has 2 aromatic heterocycles. The number of alkyl halides is 10. The van der Waals surface area contributed by atoms with Crippen LogP contribution in [0.1, 0.15) is 88.8 Å². The molecule has 10 nitrogen and oxygen atoms in total. The summed E-state index contributed by atoms with van der Waals surface area (Å²) in [6, 6.07) is 2.55. The molecule has 2 aromatic carbocycles. The van der Waals surface area contributed by atoms with Crippen LogP contribution >= 0.6 is 0 Å². The number of hydrogen-bond acceptors (Lipinski definition) is 8. The number of amides is 2. The monoisotopic (exact) mass is 902 g/mol. The Labute approximate surface area is 349 Å². The smallest absolute Gasteiger partial charge is 0.403 e. The summed E-state index contributed by atoms with van der Waals surface area (Å²) < 4.78 is 161. The van der Waals surface area contributed by atoms with Gasteiger partial charge in [-0.15, -0.1) is 0 Å². The number of nitrogens with one attached hydrogen (secondary N) is 4. The predicted octanol–water partition coefficient (Wildman–Crippen LogP) is 9.61. The molecule has 0 aliphatic heterocycles. The summed E-state index contributed by atoms with van der Waals surface area (Å²) in [5, 5.41) is 11.2. The van der Waals surface area contributed by atoms with Gasteiger partial charge in [0.25, 0.3) is 11.8 Å². The van der Waals surface area contributed by atoms with Gasteiger partial charge in [0.1, 0.15) is 12.1 Å². The van der Waals surface area contributed by atoms with Gasteiger partial charge in [0.15, 0.2) is 23.1 Å². The van der Waals surface area contributed by atoms with Crippen LogP contribution in [-0.4, -0.2) is 83.6 Å². The first kappa shape index (κ1) is 47.9. The van der Waals surface area contributed by atoms with E-state index in [1.807, 2.05) is 0 Å². The van der Waals surface area contributed by atoms with Gasteiger partial charge in [-0.3, -0.25) is 19.6 Å². The van der Waals surface area contributed by atoms with Gasteiger partial charge in [0, 0.05) is 62.3 Å². The van der Waals surface area contributed by atoms with Crippen molar-refractivity contribution in [1.82, 2.24) is 31.2 Å². The van der Waals surface area contributed by atoms with Gasteiger partial charge in [-0.2, -0.15) is 43.9 Å². The number of nitrogens with zero attached hydrogens (tertiary/aromatic N) is 2. The predicted molar refractivity (Wildman–Crippen MR) is 205 cm³/mol. The molecule has 2 aliphatic carbocycles. The van der Waals surface area contributed by atoms with Crippen molar-refractivity contribution in [2.24, 2.45) is 0 Å². The van der Waals surface area contributed by atoms with Crippen molar-refractivity contribution in [3.63, 3.8) is 0 Å². The lowest BCUT2D eigenvalue weighted by Gasteiger charge is -2.32. The second-order valence-electron chi connectivity index (χ2n) is 15.1. The fourth-order valence-corrected chi connectivity index (χ4v) is 7.12. The van der Waals surface area contributed by atoms with Gasteiger partial charge >= 0.3 is 25.6 Å². The summed E-state index contributed by atoms with van der Waals surface area (Å²) in [6.07, 6.45) is -2.15. The molecular formula is C40H46F12N6O4. The molecule has 62 heavy (non-hydrogen) atoms. The molecule has 0 unspecified atom stereocenters. The zero-order valence-corrected chi connectivity index (χ0v) is 33.0. The second-order valence-corrected chi connectivity index (χ2v) is 15.1. The fourth-order valence-electron chi connectivity index (χ4n) is 7.12. The van der Waals surface area contributed by atoms with E-state index in [0.29, 0.717) is 51.4 Å². The third-order valence-corrected chi connectivity index (χ3v) is 10.5. The summed E-state index contributed by atoms with van der Waals surface area (Å²) >= 11 is 0. The van der Waals surface area contributed by atoms with E-state index in [0.717, 1.165) is 38.1 Å². The molecule has 22 heteroatoms. The van der Waals surface area contributed by atoms with Crippen LogP contribution in [0.15, 0.2) is 48.8 Å². The lowest BCUT2D eigenvalue weighted by atomic mass is 9.90. The molecule has 0 bridgehead atoms. The SMILES string of the molecule is C[C@@H](NC1CCC(NC(=O)c2cnc3cc(OC(F)F)c(F)cc3c2)CC1)C(F)(F)F.C[C@H](NC1CCC(NC(=O)c2cnc3cc(OC(F)F)c(F)cc3c2)CC1)C(F)(F)F.[HH].[HH]. The topological polar surface area (TPSA) is 126 Å². The first-order valence-electron chi connectivity index (χ1n) is 19.4. The van der Waals surface area contributed by atoms with Gasteiger partial charge in [0.2, 0.25) is 0 Å². The number of halogens is 12. The van der Waals surface area contributed by atoms with Crippen molar-refractivity contribution in [3.8, 4) is 11.5 Å². The number of fused-ring (bicyclic) bond motifs is 2. The zero-order chi connectivity index (χ0) is 45.5.